The number of aryl methyl sites for hydroxylation is 1. The highest BCUT2D eigenvalue weighted by atomic mass is 16.6. The summed E-state index contributed by atoms with van der Waals surface area (Å²) in [6.45, 7) is 6.33. The second-order valence-corrected chi connectivity index (χ2v) is 7.40. The fourth-order valence-corrected chi connectivity index (χ4v) is 3.59. The quantitative estimate of drug-likeness (QED) is 0.616. The normalized spacial score (nSPS) is 19.4. The smallest absolute Gasteiger partial charge is 0.272 e. The monoisotopic (exact) mass is 340 g/mol. The summed E-state index contributed by atoms with van der Waals surface area (Å²) in [5.41, 5.74) is 3.18. The number of nitro benzene ring substituents is 1. The first-order chi connectivity index (χ1) is 11.8. The summed E-state index contributed by atoms with van der Waals surface area (Å²) >= 11 is 0. The number of allylic oxidation sites excluding steroid dienone is 1. The molecule has 2 aromatic rings. The van der Waals surface area contributed by atoms with Crippen molar-refractivity contribution < 1.29 is 4.92 Å². The summed E-state index contributed by atoms with van der Waals surface area (Å²) in [7, 11) is 2.06. The Balaban J connectivity index is 1.96. The fourth-order valence-electron chi connectivity index (χ4n) is 3.59. The van der Waals surface area contributed by atoms with Crippen molar-refractivity contribution in [1.82, 2.24) is 9.55 Å². The van der Waals surface area contributed by atoms with Crippen LogP contribution in [0.3, 0.4) is 0 Å². The van der Waals surface area contributed by atoms with Crippen molar-refractivity contribution in [2.75, 3.05) is 11.9 Å². The highest BCUT2D eigenvalue weighted by Crippen LogP contribution is 2.40. The average molecular weight is 340 g/mol. The first-order valence-electron chi connectivity index (χ1n) is 8.46. The van der Waals surface area contributed by atoms with Gasteiger partial charge in [-0.3, -0.25) is 10.1 Å². The van der Waals surface area contributed by atoms with Crippen LogP contribution in [0.1, 0.15) is 32.3 Å². The van der Waals surface area contributed by atoms with Crippen molar-refractivity contribution in [2.45, 2.75) is 39.7 Å². The van der Waals surface area contributed by atoms with Crippen LogP contribution in [-0.4, -0.2) is 27.6 Å². The van der Waals surface area contributed by atoms with E-state index in [0.29, 0.717) is 5.56 Å². The number of hydrogen-bond acceptors (Lipinski definition) is 4. The molecule has 0 bridgehead atoms. The van der Waals surface area contributed by atoms with Gasteiger partial charge in [-0.1, -0.05) is 13.8 Å². The number of aromatic nitrogens is 2. The van der Waals surface area contributed by atoms with Crippen LogP contribution < -0.4 is 4.90 Å². The van der Waals surface area contributed by atoms with Gasteiger partial charge in [0, 0.05) is 42.5 Å². The molecule has 1 aliphatic carbocycles. The number of rotatable bonds is 4. The molecule has 1 atom stereocenters. The molecule has 25 heavy (non-hydrogen) atoms. The van der Waals surface area contributed by atoms with Gasteiger partial charge in [-0.25, -0.2) is 4.98 Å². The van der Waals surface area contributed by atoms with E-state index < -0.39 is 0 Å². The Morgan fingerprint density at radius 1 is 1.40 bits per heavy atom. The van der Waals surface area contributed by atoms with Crippen LogP contribution in [0, 0.1) is 22.5 Å². The van der Waals surface area contributed by atoms with E-state index in [9.17, 15) is 10.1 Å². The molecular formula is C19H24N4O2. The predicted molar refractivity (Wildman–Crippen MR) is 99.5 cm³/mol. The minimum Gasteiger partial charge on any atom is -0.368 e. The third-order valence-electron chi connectivity index (χ3n) is 5.21. The van der Waals surface area contributed by atoms with Crippen LogP contribution in [0.15, 0.2) is 43.0 Å². The molecule has 1 aromatic carbocycles. The van der Waals surface area contributed by atoms with E-state index >= 15 is 0 Å². The van der Waals surface area contributed by atoms with Crippen LogP contribution in [0.2, 0.25) is 0 Å². The van der Waals surface area contributed by atoms with E-state index in [1.807, 2.05) is 24.7 Å². The molecule has 0 N–H and O–H groups in total. The standard InChI is InChI=1S/C19H24N4O2/c1-14-11-15(5-6-17(14)23(24)25)21(4)18-12-16(7-8-19(18,2)3)22-10-9-20-13-22/h5-6,9-13,18H,7-8H2,1-4H3. The second-order valence-electron chi connectivity index (χ2n) is 7.40. The molecule has 0 spiro atoms. The third-order valence-corrected chi connectivity index (χ3v) is 5.21. The lowest BCUT2D eigenvalue weighted by Crippen LogP contribution is -2.44. The Kier molecular flexibility index (Phi) is 4.37. The summed E-state index contributed by atoms with van der Waals surface area (Å²) in [6.07, 6.45) is 9.96. The van der Waals surface area contributed by atoms with E-state index in [1.54, 1.807) is 19.2 Å². The molecule has 0 amide bonds. The number of nitro groups is 1. The Hall–Kier alpha value is -2.63. The van der Waals surface area contributed by atoms with Gasteiger partial charge in [0.15, 0.2) is 0 Å². The zero-order valence-corrected chi connectivity index (χ0v) is 15.1. The predicted octanol–water partition coefficient (Wildman–Crippen LogP) is 4.27. The van der Waals surface area contributed by atoms with E-state index in [1.165, 1.54) is 5.70 Å². The molecule has 0 aliphatic heterocycles. The minimum absolute atomic E-state index is 0.106. The fraction of sp³-hybridized carbons (Fsp3) is 0.421. The van der Waals surface area contributed by atoms with Crippen LogP contribution in [-0.2, 0) is 0 Å². The average Bonchev–Trinajstić information content (AvgIpc) is 3.08. The maximum Gasteiger partial charge on any atom is 0.272 e. The van der Waals surface area contributed by atoms with E-state index in [-0.39, 0.29) is 22.1 Å². The van der Waals surface area contributed by atoms with Gasteiger partial charge in [-0.15, -0.1) is 0 Å². The molecule has 0 saturated heterocycles. The number of anilines is 1. The molecule has 1 unspecified atom stereocenters. The van der Waals surface area contributed by atoms with Gasteiger partial charge >= 0.3 is 0 Å². The van der Waals surface area contributed by atoms with Crippen molar-refractivity contribution in [3.63, 3.8) is 0 Å². The molecule has 0 radical (unpaired) electrons. The van der Waals surface area contributed by atoms with Crippen LogP contribution in [0.5, 0.6) is 0 Å². The molecule has 132 valence electrons. The minimum atomic E-state index is -0.333. The van der Waals surface area contributed by atoms with Gasteiger partial charge in [0.1, 0.15) is 0 Å². The Bertz CT molecular complexity index is 809. The lowest BCUT2D eigenvalue weighted by molar-refractivity contribution is -0.385. The van der Waals surface area contributed by atoms with E-state index in [4.69, 9.17) is 0 Å². The van der Waals surface area contributed by atoms with Gasteiger partial charge in [-0.2, -0.15) is 0 Å². The lowest BCUT2D eigenvalue weighted by atomic mass is 9.75. The number of benzene rings is 1. The molecule has 6 heteroatoms. The van der Waals surface area contributed by atoms with Gasteiger partial charge in [0.25, 0.3) is 5.69 Å². The maximum absolute atomic E-state index is 11.1. The van der Waals surface area contributed by atoms with Crippen molar-refractivity contribution in [3.8, 4) is 0 Å². The first-order valence-corrected chi connectivity index (χ1v) is 8.46. The second kappa shape index (κ2) is 6.35. The Morgan fingerprint density at radius 2 is 2.16 bits per heavy atom. The number of imidazole rings is 1. The number of nitrogens with zero attached hydrogens (tertiary/aromatic N) is 4. The van der Waals surface area contributed by atoms with E-state index in [0.717, 1.165) is 18.5 Å². The van der Waals surface area contributed by atoms with Gasteiger partial charge < -0.3 is 9.47 Å². The summed E-state index contributed by atoms with van der Waals surface area (Å²) in [5, 5.41) is 11.1. The summed E-state index contributed by atoms with van der Waals surface area (Å²) in [6, 6.07) is 5.52. The SMILES string of the molecule is Cc1cc(N(C)C2C=C(n3ccnc3)CCC2(C)C)ccc1[N+](=O)[O-]. The molecular weight excluding hydrogens is 316 g/mol. The van der Waals surface area contributed by atoms with Crippen LogP contribution >= 0.6 is 0 Å². The van der Waals surface area contributed by atoms with Gasteiger partial charge in [0.05, 0.1) is 17.3 Å². The zero-order chi connectivity index (χ0) is 18.2. The first kappa shape index (κ1) is 17.2. The number of hydrogen-bond donors (Lipinski definition) is 0. The van der Waals surface area contributed by atoms with Crippen LogP contribution in [0.25, 0.3) is 5.70 Å². The topological polar surface area (TPSA) is 64.2 Å². The Labute approximate surface area is 147 Å². The maximum atomic E-state index is 11.1. The molecule has 0 saturated carbocycles. The van der Waals surface area contributed by atoms with Gasteiger partial charge in [-0.05, 0) is 43.4 Å². The number of likely N-dealkylation sites (N-methyl/N-ethyl adjacent to an activating group) is 1. The van der Waals surface area contributed by atoms with Crippen LogP contribution in [0.4, 0.5) is 11.4 Å². The van der Waals surface area contributed by atoms with Gasteiger partial charge in [0.2, 0.25) is 0 Å². The summed E-state index contributed by atoms with van der Waals surface area (Å²) in [4.78, 5) is 17.1. The Morgan fingerprint density at radius 3 is 2.76 bits per heavy atom. The highest BCUT2D eigenvalue weighted by Gasteiger charge is 2.35. The lowest BCUT2D eigenvalue weighted by Gasteiger charge is -2.43. The molecule has 1 aliphatic rings. The molecule has 1 aromatic heterocycles. The third kappa shape index (κ3) is 3.29. The summed E-state index contributed by atoms with van der Waals surface area (Å²) < 4.78 is 2.07. The van der Waals surface area contributed by atoms with Crippen molar-refractivity contribution in [1.29, 1.82) is 0 Å². The molecule has 3 rings (SSSR count). The largest absolute Gasteiger partial charge is 0.368 e. The molecule has 1 heterocycles. The van der Waals surface area contributed by atoms with Crippen molar-refractivity contribution in [3.05, 3.63) is 58.7 Å². The van der Waals surface area contributed by atoms with Crippen molar-refractivity contribution in [2.24, 2.45) is 5.41 Å². The summed E-state index contributed by atoms with van der Waals surface area (Å²) in [5.74, 6) is 0. The highest BCUT2D eigenvalue weighted by molar-refractivity contribution is 5.58. The zero-order valence-electron chi connectivity index (χ0n) is 15.1. The van der Waals surface area contributed by atoms with E-state index in [2.05, 4.69) is 41.4 Å². The van der Waals surface area contributed by atoms with Crippen molar-refractivity contribution >= 4 is 17.1 Å². The molecule has 0 fully saturated rings. The molecule has 6 nitrogen and oxygen atoms in total.